The number of benzene rings is 1. The van der Waals surface area contributed by atoms with Crippen LogP contribution in [-0.4, -0.2) is 11.9 Å². The summed E-state index contributed by atoms with van der Waals surface area (Å²) in [7, 11) is 0. The van der Waals surface area contributed by atoms with E-state index < -0.39 is 0 Å². The number of ketones is 1. The van der Waals surface area contributed by atoms with Crippen molar-refractivity contribution in [1.29, 1.82) is 0 Å². The van der Waals surface area contributed by atoms with Crippen LogP contribution in [0.2, 0.25) is 0 Å². The maximum absolute atomic E-state index is 11.7. The predicted octanol–water partition coefficient (Wildman–Crippen LogP) is 3.77. The highest BCUT2D eigenvalue weighted by Gasteiger charge is 2.16. The van der Waals surface area contributed by atoms with Gasteiger partial charge in [0.1, 0.15) is 5.75 Å². The summed E-state index contributed by atoms with van der Waals surface area (Å²) < 4.78 is 5.84. The van der Waals surface area contributed by atoms with E-state index in [1.807, 2.05) is 12.1 Å². The molecule has 1 aliphatic rings. The Kier molecular flexibility index (Phi) is 3.62. The molecule has 0 amide bonds. The fourth-order valence-corrected chi connectivity index (χ4v) is 2.13. The van der Waals surface area contributed by atoms with Crippen molar-refractivity contribution < 1.29 is 9.53 Å². The summed E-state index contributed by atoms with van der Waals surface area (Å²) in [6.07, 6.45) is 5.17. The van der Waals surface area contributed by atoms with E-state index in [4.69, 9.17) is 4.74 Å². The number of allylic oxidation sites excluding steroid dienone is 1. The van der Waals surface area contributed by atoms with E-state index >= 15 is 0 Å². The number of Topliss-reactive ketones (excluding diaryl/α,β-unsaturated/α-hetero) is 1. The maximum Gasteiger partial charge on any atom is 0.188 e. The standard InChI is InChI=1S/C15H18O2/c1-11(2)15(16)12-7-9-14(10-8-12)17-13-5-3-4-6-13/h7-10,13H,1,3-6H2,2H3. The van der Waals surface area contributed by atoms with Crippen molar-refractivity contribution in [2.75, 3.05) is 0 Å². The van der Waals surface area contributed by atoms with E-state index in [2.05, 4.69) is 6.58 Å². The molecule has 2 rings (SSSR count). The van der Waals surface area contributed by atoms with Crippen molar-refractivity contribution in [3.05, 3.63) is 42.0 Å². The van der Waals surface area contributed by atoms with Gasteiger partial charge in [-0.3, -0.25) is 4.79 Å². The molecule has 1 fully saturated rings. The van der Waals surface area contributed by atoms with E-state index in [0.29, 0.717) is 17.2 Å². The Morgan fingerprint density at radius 3 is 2.35 bits per heavy atom. The zero-order valence-electron chi connectivity index (χ0n) is 10.2. The van der Waals surface area contributed by atoms with Gasteiger partial charge in [0.05, 0.1) is 6.10 Å². The summed E-state index contributed by atoms with van der Waals surface area (Å²) in [4.78, 5) is 11.7. The van der Waals surface area contributed by atoms with Crippen LogP contribution >= 0.6 is 0 Å². The minimum atomic E-state index is -0.00239. The third-order valence-electron chi connectivity index (χ3n) is 3.11. The first kappa shape index (κ1) is 11.9. The molecule has 1 aromatic rings. The average molecular weight is 230 g/mol. The van der Waals surface area contributed by atoms with Crippen LogP contribution in [0.3, 0.4) is 0 Å². The fraction of sp³-hybridized carbons (Fsp3) is 0.400. The first-order chi connectivity index (χ1) is 8.16. The van der Waals surface area contributed by atoms with Gasteiger partial charge < -0.3 is 4.74 Å². The summed E-state index contributed by atoms with van der Waals surface area (Å²) in [5.41, 5.74) is 1.24. The molecule has 1 saturated carbocycles. The summed E-state index contributed by atoms with van der Waals surface area (Å²) in [6, 6.07) is 7.35. The topological polar surface area (TPSA) is 26.3 Å². The molecule has 0 heterocycles. The van der Waals surface area contributed by atoms with Crippen molar-refractivity contribution >= 4 is 5.78 Å². The number of hydrogen-bond donors (Lipinski definition) is 0. The Morgan fingerprint density at radius 2 is 1.82 bits per heavy atom. The highest BCUT2D eigenvalue weighted by atomic mass is 16.5. The van der Waals surface area contributed by atoms with Crippen LogP contribution in [-0.2, 0) is 0 Å². The molecule has 0 spiro atoms. The molecule has 0 unspecified atom stereocenters. The summed E-state index contributed by atoms with van der Waals surface area (Å²) in [5, 5.41) is 0. The van der Waals surface area contributed by atoms with Crippen LogP contribution in [0, 0.1) is 0 Å². The van der Waals surface area contributed by atoms with Gasteiger partial charge in [-0.1, -0.05) is 6.58 Å². The van der Waals surface area contributed by atoms with Crippen LogP contribution < -0.4 is 4.74 Å². The molecule has 0 saturated heterocycles. The molecule has 0 atom stereocenters. The minimum Gasteiger partial charge on any atom is -0.490 e. The van der Waals surface area contributed by atoms with Gasteiger partial charge in [0.2, 0.25) is 0 Å². The molecular formula is C15H18O2. The summed E-state index contributed by atoms with van der Waals surface area (Å²) in [6.45, 7) is 5.38. The third kappa shape index (κ3) is 2.96. The van der Waals surface area contributed by atoms with Gasteiger partial charge in [0.25, 0.3) is 0 Å². The zero-order valence-corrected chi connectivity index (χ0v) is 10.2. The molecule has 1 aliphatic carbocycles. The molecular weight excluding hydrogens is 212 g/mol. The second-order valence-corrected chi connectivity index (χ2v) is 4.66. The first-order valence-corrected chi connectivity index (χ1v) is 6.14. The molecule has 2 heteroatoms. The van der Waals surface area contributed by atoms with Gasteiger partial charge in [-0.2, -0.15) is 0 Å². The van der Waals surface area contributed by atoms with Crippen molar-refractivity contribution in [2.45, 2.75) is 38.7 Å². The Morgan fingerprint density at radius 1 is 1.24 bits per heavy atom. The zero-order chi connectivity index (χ0) is 12.3. The Bertz CT molecular complexity index is 411. The lowest BCUT2D eigenvalue weighted by atomic mass is 10.1. The molecule has 0 radical (unpaired) electrons. The minimum absolute atomic E-state index is 0.00239. The molecule has 17 heavy (non-hydrogen) atoms. The molecule has 0 bridgehead atoms. The molecule has 0 N–H and O–H groups in total. The van der Waals surface area contributed by atoms with E-state index in [-0.39, 0.29) is 5.78 Å². The molecule has 0 aliphatic heterocycles. The van der Waals surface area contributed by atoms with Gasteiger partial charge in [0, 0.05) is 5.56 Å². The second kappa shape index (κ2) is 5.17. The molecule has 0 aromatic heterocycles. The van der Waals surface area contributed by atoms with E-state index in [0.717, 1.165) is 18.6 Å². The lowest BCUT2D eigenvalue weighted by Crippen LogP contribution is -2.10. The summed E-state index contributed by atoms with van der Waals surface area (Å²) >= 11 is 0. The predicted molar refractivity (Wildman–Crippen MR) is 68.5 cm³/mol. The van der Waals surface area contributed by atoms with Crippen molar-refractivity contribution in [2.24, 2.45) is 0 Å². The highest BCUT2D eigenvalue weighted by Crippen LogP contribution is 2.24. The molecule has 2 nitrogen and oxygen atoms in total. The van der Waals surface area contributed by atoms with Gasteiger partial charge in [-0.15, -0.1) is 0 Å². The fourth-order valence-electron chi connectivity index (χ4n) is 2.13. The van der Waals surface area contributed by atoms with E-state index in [1.54, 1.807) is 19.1 Å². The van der Waals surface area contributed by atoms with Gasteiger partial charge in [-0.05, 0) is 62.4 Å². The van der Waals surface area contributed by atoms with Crippen LogP contribution in [0.25, 0.3) is 0 Å². The van der Waals surface area contributed by atoms with Crippen LogP contribution in [0.4, 0.5) is 0 Å². The Labute approximate surface area is 102 Å². The highest BCUT2D eigenvalue weighted by molar-refractivity contribution is 6.07. The van der Waals surface area contributed by atoms with E-state index in [1.165, 1.54) is 12.8 Å². The third-order valence-corrected chi connectivity index (χ3v) is 3.11. The number of hydrogen-bond acceptors (Lipinski definition) is 2. The van der Waals surface area contributed by atoms with E-state index in [9.17, 15) is 4.79 Å². The van der Waals surface area contributed by atoms with Crippen molar-refractivity contribution in [1.82, 2.24) is 0 Å². The van der Waals surface area contributed by atoms with Crippen molar-refractivity contribution in [3.63, 3.8) is 0 Å². The smallest absolute Gasteiger partial charge is 0.188 e. The Balaban J connectivity index is 2.02. The SMILES string of the molecule is C=C(C)C(=O)c1ccc(OC2CCCC2)cc1. The number of rotatable bonds is 4. The quantitative estimate of drug-likeness (QED) is 0.581. The molecule has 1 aromatic carbocycles. The monoisotopic (exact) mass is 230 g/mol. The number of ether oxygens (including phenoxy) is 1. The largest absolute Gasteiger partial charge is 0.490 e. The van der Waals surface area contributed by atoms with Crippen LogP contribution in [0.15, 0.2) is 36.4 Å². The maximum atomic E-state index is 11.7. The average Bonchev–Trinajstić information content (AvgIpc) is 2.82. The number of carbonyl (C=O) groups is 1. The van der Waals surface area contributed by atoms with Gasteiger partial charge in [0.15, 0.2) is 5.78 Å². The Hall–Kier alpha value is -1.57. The van der Waals surface area contributed by atoms with Gasteiger partial charge in [-0.25, -0.2) is 0 Å². The first-order valence-electron chi connectivity index (χ1n) is 6.14. The summed E-state index contributed by atoms with van der Waals surface area (Å²) in [5.74, 6) is 0.854. The number of carbonyl (C=O) groups excluding carboxylic acids is 1. The molecule has 90 valence electrons. The lowest BCUT2D eigenvalue weighted by Gasteiger charge is -2.13. The normalized spacial score (nSPS) is 15.8. The van der Waals surface area contributed by atoms with Gasteiger partial charge >= 0.3 is 0 Å². The van der Waals surface area contributed by atoms with Crippen LogP contribution in [0.5, 0.6) is 5.75 Å². The lowest BCUT2D eigenvalue weighted by molar-refractivity contribution is 0.103. The second-order valence-electron chi connectivity index (χ2n) is 4.66. The van der Waals surface area contributed by atoms with Crippen LogP contribution in [0.1, 0.15) is 43.0 Å². The van der Waals surface area contributed by atoms with Crippen molar-refractivity contribution in [3.8, 4) is 5.75 Å².